The van der Waals surface area contributed by atoms with Crippen LogP contribution in [0.15, 0.2) is 182 Å². The largest absolute Gasteiger partial charge is 0.310 e. The van der Waals surface area contributed by atoms with Crippen LogP contribution in [0.2, 0.25) is 0 Å². The van der Waals surface area contributed by atoms with Crippen molar-refractivity contribution < 1.29 is 2.74 Å². The first-order valence-corrected chi connectivity index (χ1v) is 17.0. The molecule has 1 aromatic heterocycles. The Morgan fingerprint density at radius 2 is 1.02 bits per heavy atom. The predicted octanol–water partition coefficient (Wildman–Crippen LogP) is 13.3. The van der Waals surface area contributed by atoms with Gasteiger partial charge in [-0.1, -0.05) is 133 Å². The molecule has 10 rings (SSSR count). The number of para-hydroxylation sites is 3. The first-order valence-electron chi connectivity index (χ1n) is 18.0. The number of fused-ring (bicyclic) bond motifs is 3. The Hall–Kier alpha value is -6.64. The van der Waals surface area contributed by atoms with E-state index < -0.39 is 0 Å². The lowest BCUT2D eigenvalue weighted by Crippen LogP contribution is -2.10. The molecule has 0 aliphatic heterocycles. The molecule has 0 fully saturated rings. The summed E-state index contributed by atoms with van der Waals surface area (Å²) in [5.41, 5.74) is 7.83. The Morgan fingerprint density at radius 3 is 1.82 bits per heavy atom. The second kappa shape index (κ2) is 11.5. The van der Waals surface area contributed by atoms with Crippen LogP contribution in [0.3, 0.4) is 0 Å². The summed E-state index contributed by atoms with van der Waals surface area (Å²) in [6, 6.07) is 63.6. The maximum atomic E-state index is 9.19. The van der Waals surface area contributed by atoms with Crippen molar-refractivity contribution in [2.24, 2.45) is 0 Å². The molecule has 0 spiro atoms. The van der Waals surface area contributed by atoms with E-state index in [2.05, 4.69) is 161 Å². The lowest BCUT2D eigenvalue weighted by molar-refractivity contribution is 1.18. The maximum Gasteiger partial charge on any atom is 0.0629 e. The molecule has 0 N–H and O–H groups in total. The van der Waals surface area contributed by atoms with E-state index in [4.69, 9.17) is 0 Å². The van der Waals surface area contributed by atoms with Crippen molar-refractivity contribution in [3.63, 3.8) is 0 Å². The van der Waals surface area contributed by atoms with Gasteiger partial charge in [0.25, 0.3) is 0 Å². The number of aromatic nitrogens is 1. The van der Waals surface area contributed by atoms with Gasteiger partial charge in [-0.2, -0.15) is 0 Å². The van der Waals surface area contributed by atoms with E-state index in [0.717, 1.165) is 50.1 Å². The van der Waals surface area contributed by atoms with Crippen LogP contribution in [0.4, 0.5) is 17.1 Å². The lowest BCUT2D eigenvalue weighted by Gasteiger charge is -2.27. The second-order valence-electron chi connectivity index (χ2n) is 12.8. The normalized spacial score (nSPS) is 12.9. The number of hydrogen-bond acceptors (Lipinski definition) is 1. The molecule has 0 atom stereocenters. The Labute approximate surface area is 293 Å². The summed E-state index contributed by atoms with van der Waals surface area (Å²) in [4.78, 5) is 2.29. The minimum absolute atomic E-state index is 0.187. The van der Waals surface area contributed by atoms with E-state index in [1.165, 1.54) is 32.3 Å². The van der Waals surface area contributed by atoms with E-state index in [1.54, 1.807) is 0 Å². The molecule has 10 aromatic rings. The van der Waals surface area contributed by atoms with Gasteiger partial charge in [-0.25, -0.2) is 0 Å². The third kappa shape index (κ3) is 4.57. The molecule has 2 heteroatoms. The minimum Gasteiger partial charge on any atom is -0.310 e. The zero-order chi connectivity index (χ0) is 34.8. The van der Waals surface area contributed by atoms with E-state index in [0.29, 0.717) is 5.56 Å². The van der Waals surface area contributed by atoms with Gasteiger partial charge >= 0.3 is 0 Å². The Balaban J connectivity index is 1.07. The van der Waals surface area contributed by atoms with E-state index in [1.807, 2.05) is 30.3 Å². The van der Waals surface area contributed by atoms with Crippen molar-refractivity contribution in [3.8, 4) is 5.69 Å². The maximum absolute atomic E-state index is 9.19. The minimum atomic E-state index is 0.187. The fourth-order valence-electron chi connectivity index (χ4n) is 7.66. The predicted molar refractivity (Wildman–Crippen MR) is 215 cm³/mol. The average Bonchev–Trinajstić information content (AvgIpc) is 3.54. The van der Waals surface area contributed by atoms with Gasteiger partial charge in [0.2, 0.25) is 0 Å². The molecule has 0 aliphatic rings. The monoisotopic (exact) mass is 638 g/mol. The zero-order valence-electron chi connectivity index (χ0n) is 29.2. The highest BCUT2D eigenvalue weighted by molar-refractivity contribution is 6.25. The van der Waals surface area contributed by atoms with Crippen LogP contribution in [-0.4, -0.2) is 4.57 Å². The summed E-state index contributed by atoms with van der Waals surface area (Å²) >= 11 is 0. The van der Waals surface area contributed by atoms with Crippen LogP contribution in [0, 0.1) is 0 Å². The molecule has 50 heavy (non-hydrogen) atoms. The van der Waals surface area contributed by atoms with Crippen molar-refractivity contribution >= 4 is 83.3 Å². The van der Waals surface area contributed by atoms with Gasteiger partial charge in [0.05, 0.1) is 19.5 Å². The van der Waals surface area contributed by atoms with Gasteiger partial charge in [0.15, 0.2) is 0 Å². The molecule has 1 heterocycles. The Bertz CT molecular complexity index is 2950. The molecule has 0 aliphatic carbocycles. The van der Waals surface area contributed by atoms with Gasteiger partial charge in [0, 0.05) is 33.2 Å². The van der Waals surface area contributed by atoms with Gasteiger partial charge in [0.1, 0.15) is 0 Å². The molecular formula is C48H32N2. The Kier molecular flexibility index (Phi) is 6.06. The third-order valence-electron chi connectivity index (χ3n) is 9.92. The first-order chi connectivity index (χ1) is 25.6. The zero-order valence-corrected chi connectivity index (χ0v) is 27.2. The number of benzene rings is 9. The van der Waals surface area contributed by atoms with Crippen LogP contribution in [0.25, 0.3) is 71.9 Å². The SMILES string of the molecule is [2H]/C(=C(/[2H])c1ccc2c(c1)c1ccccc1n2-c1ccccc1)c1ccc(N(c2ccccc2)c2ccc3ccc4cccc5ccc2c3c45)cc1. The molecule has 0 unspecified atom stereocenters. The lowest BCUT2D eigenvalue weighted by atomic mass is 9.93. The van der Waals surface area contributed by atoms with Crippen LogP contribution < -0.4 is 4.90 Å². The molecule has 234 valence electrons. The highest BCUT2D eigenvalue weighted by Crippen LogP contribution is 2.43. The van der Waals surface area contributed by atoms with Gasteiger partial charge in [-0.3, -0.25) is 0 Å². The molecule has 0 saturated heterocycles. The highest BCUT2D eigenvalue weighted by Gasteiger charge is 2.18. The van der Waals surface area contributed by atoms with Crippen molar-refractivity contribution in [2.75, 3.05) is 4.90 Å². The summed E-state index contributed by atoms with van der Waals surface area (Å²) in [5, 5.41) is 9.64. The molecular weight excluding hydrogens is 605 g/mol. The van der Waals surface area contributed by atoms with Crippen LogP contribution in [0.5, 0.6) is 0 Å². The molecule has 0 saturated carbocycles. The summed E-state index contributed by atoms with van der Waals surface area (Å²) in [6.45, 7) is 0. The van der Waals surface area contributed by atoms with Crippen molar-refractivity contribution in [1.82, 2.24) is 4.57 Å². The topological polar surface area (TPSA) is 8.17 Å². The highest BCUT2D eigenvalue weighted by atomic mass is 15.1. The van der Waals surface area contributed by atoms with Crippen molar-refractivity contribution in [3.05, 3.63) is 193 Å². The third-order valence-corrected chi connectivity index (χ3v) is 9.92. The first kappa shape index (κ1) is 26.3. The molecule has 0 radical (unpaired) electrons. The van der Waals surface area contributed by atoms with E-state index >= 15 is 0 Å². The average molecular weight is 639 g/mol. The van der Waals surface area contributed by atoms with Gasteiger partial charge in [-0.15, -0.1) is 0 Å². The molecule has 2 nitrogen and oxygen atoms in total. The van der Waals surface area contributed by atoms with Crippen molar-refractivity contribution in [2.45, 2.75) is 0 Å². The standard InChI is InChI=1S/C48H32N2/c1-3-12-38(13-4-1)49(45-31-26-37-24-23-35-10-9-11-36-25-29-42(45)48(37)47(35)36)40-27-20-33(21-28-40)18-19-34-22-30-46-43(32-34)41-16-7-8-17-44(41)50(46)39-14-5-2-6-15-39/h1-32H/b19-18+/i18D,19D. The smallest absolute Gasteiger partial charge is 0.0629 e. The van der Waals surface area contributed by atoms with E-state index in [9.17, 15) is 2.74 Å². The molecule has 0 amide bonds. The van der Waals surface area contributed by atoms with Crippen molar-refractivity contribution in [1.29, 1.82) is 0 Å². The number of hydrogen-bond donors (Lipinski definition) is 0. The summed E-state index contributed by atoms with van der Waals surface area (Å²) in [6.07, 6.45) is 0. The van der Waals surface area contributed by atoms with Crippen LogP contribution >= 0.6 is 0 Å². The molecule has 9 aromatic carbocycles. The van der Waals surface area contributed by atoms with Gasteiger partial charge in [-0.05, 0) is 98.7 Å². The molecule has 0 bridgehead atoms. The van der Waals surface area contributed by atoms with Crippen LogP contribution in [-0.2, 0) is 0 Å². The number of anilines is 3. The summed E-state index contributed by atoms with van der Waals surface area (Å²) in [7, 11) is 0. The number of nitrogens with zero attached hydrogens (tertiary/aromatic N) is 2. The quantitative estimate of drug-likeness (QED) is 0.130. The van der Waals surface area contributed by atoms with Gasteiger partial charge < -0.3 is 9.47 Å². The van der Waals surface area contributed by atoms with E-state index in [-0.39, 0.29) is 12.1 Å². The fourth-order valence-corrected chi connectivity index (χ4v) is 7.66. The fraction of sp³-hybridized carbons (Fsp3) is 0. The summed E-state index contributed by atoms with van der Waals surface area (Å²) < 4.78 is 20.6. The van der Waals surface area contributed by atoms with Crippen LogP contribution in [0.1, 0.15) is 13.9 Å². The summed E-state index contributed by atoms with van der Waals surface area (Å²) in [5.74, 6) is 0. The number of rotatable bonds is 6. The Morgan fingerprint density at radius 1 is 0.420 bits per heavy atom. The second-order valence-corrected chi connectivity index (χ2v) is 12.8.